The van der Waals surface area contributed by atoms with Crippen LogP contribution in [0.5, 0.6) is 17.2 Å². The Bertz CT molecular complexity index is 3130. The maximum atomic E-state index is 15.1. The van der Waals surface area contributed by atoms with Crippen molar-refractivity contribution in [1.82, 2.24) is 4.49 Å². The van der Waals surface area contributed by atoms with E-state index in [9.17, 15) is 0 Å². The normalized spacial score (nSPS) is 15.5. The Hall–Kier alpha value is -6.18. The van der Waals surface area contributed by atoms with E-state index in [4.69, 9.17) is 18.9 Å². The molecule has 7 aromatic carbocycles. The van der Waals surface area contributed by atoms with E-state index in [0.717, 1.165) is 91.4 Å². The van der Waals surface area contributed by atoms with Crippen LogP contribution in [0.1, 0.15) is 37.3 Å². The van der Waals surface area contributed by atoms with Crippen LogP contribution in [0.4, 0.5) is 0 Å². The number of unbranched alkanes of at least 4 members (excludes halogenated alkanes) is 1. The third-order valence-corrected chi connectivity index (χ3v) is 16.4. The van der Waals surface area contributed by atoms with Gasteiger partial charge in [0.05, 0.1) is 33.3 Å². The van der Waals surface area contributed by atoms with Gasteiger partial charge in [0.15, 0.2) is 0 Å². The molecule has 0 saturated carbocycles. The number of aryl methyl sites for hydroxylation is 1. The number of sulfonamides is 1. The van der Waals surface area contributed by atoms with Crippen molar-refractivity contribution in [2.45, 2.75) is 37.5 Å². The highest BCUT2D eigenvalue weighted by Gasteiger charge is 2.39. The monoisotopic (exact) mass is 871 g/mol. The minimum atomic E-state index is -4.17. The minimum Gasteiger partial charge on any atom is -0.496 e. The zero-order valence-corrected chi connectivity index (χ0v) is 37.9. The van der Waals surface area contributed by atoms with Gasteiger partial charge in [-0.05, 0) is 99.1 Å². The van der Waals surface area contributed by atoms with Crippen molar-refractivity contribution in [2.75, 3.05) is 28.4 Å². The van der Waals surface area contributed by atoms with Gasteiger partial charge in [-0.2, -0.15) is 4.49 Å². The SMILES string of the molecule is CCCCc1ccc(S(=O)(=O)NP(C2=CC3=CC=CCC3C(c3c(OC)ccc4ccccc34)=C2OC)c2cc3ccccc3c(-c3c(OC)ccc4ccccc34)c2OC)cc1. The van der Waals surface area contributed by atoms with Gasteiger partial charge in [0.25, 0.3) is 0 Å². The fraction of sp³-hybridized carbons (Fsp3) is 0.185. The van der Waals surface area contributed by atoms with Gasteiger partial charge in [-0.1, -0.05) is 129 Å². The molecule has 0 amide bonds. The summed E-state index contributed by atoms with van der Waals surface area (Å²) in [5.41, 5.74) is 5.64. The van der Waals surface area contributed by atoms with Gasteiger partial charge in [0.1, 0.15) is 23.0 Å². The summed E-state index contributed by atoms with van der Waals surface area (Å²) in [7, 11) is 0.483. The molecule has 0 radical (unpaired) electrons. The highest BCUT2D eigenvalue weighted by Crippen LogP contribution is 2.58. The van der Waals surface area contributed by atoms with Crippen molar-refractivity contribution in [2.24, 2.45) is 5.92 Å². The van der Waals surface area contributed by atoms with E-state index in [2.05, 4.69) is 90.3 Å². The first kappa shape index (κ1) is 42.1. The van der Waals surface area contributed by atoms with Gasteiger partial charge in [0.2, 0.25) is 10.0 Å². The Kier molecular flexibility index (Phi) is 12.0. The number of fused-ring (bicyclic) bond motifs is 4. The van der Waals surface area contributed by atoms with Gasteiger partial charge in [-0.25, -0.2) is 8.42 Å². The molecule has 63 heavy (non-hydrogen) atoms. The molecule has 318 valence electrons. The molecular formula is C54H50NO6PS. The average molecular weight is 872 g/mol. The maximum Gasteiger partial charge on any atom is 0.244 e. The number of nitrogens with one attached hydrogen (secondary N) is 1. The van der Waals surface area contributed by atoms with Gasteiger partial charge in [0, 0.05) is 46.9 Å². The zero-order chi connectivity index (χ0) is 43.7. The second-order valence-corrected chi connectivity index (χ2v) is 19.6. The number of rotatable bonds is 14. The van der Waals surface area contributed by atoms with Crippen LogP contribution in [0, 0.1) is 5.92 Å². The molecule has 9 rings (SSSR count). The summed E-state index contributed by atoms with van der Waals surface area (Å²) in [4.78, 5) is 0.180. The molecular weight excluding hydrogens is 822 g/mol. The number of allylic oxidation sites excluding steroid dienone is 7. The summed E-state index contributed by atoms with van der Waals surface area (Å²) in [5, 5.41) is 7.31. The van der Waals surface area contributed by atoms with Crippen LogP contribution in [-0.2, 0) is 21.2 Å². The third-order valence-electron chi connectivity index (χ3n) is 12.2. The lowest BCUT2D eigenvalue weighted by Gasteiger charge is -2.35. The molecule has 0 heterocycles. The number of ether oxygens (including phenoxy) is 4. The van der Waals surface area contributed by atoms with Crippen molar-refractivity contribution < 1.29 is 27.4 Å². The predicted octanol–water partition coefficient (Wildman–Crippen LogP) is 12.6. The third kappa shape index (κ3) is 7.71. The minimum absolute atomic E-state index is 0.0912. The van der Waals surface area contributed by atoms with Crippen LogP contribution in [0.2, 0.25) is 0 Å². The molecule has 0 fully saturated rings. The standard InChI is InChI=1S/C54H50NO6PS/c1-6-7-16-35-25-29-40(30-26-35)63(56,57)55-62(47-33-38-19-10-14-23-43(38)51(53(47)60-4)49-41-21-12-8-17-36(41)27-31-45(49)58-2)48-34-39-20-11-15-24-44(39)52(54(48)61-5)50-42-22-13-9-18-37(42)28-32-46(50)59-3/h8-15,17-23,25-34,44,55H,6-7,16,24H2,1-5H3. The van der Waals surface area contributed by atoms with Crippen LogP contribution in [0.3, 0.4) is 0 Å². The summed E-state index contributed by atoms with van der Waals surface area (Å²) in [5.74, 6) is 2.41. The second kappa shape index (κ2) is 17.9. The number of methoxy groups -OCH3 is 4. The lowest BCUT2D eigenvalue weighted by atomic mass is 9.77. The second-order valence-electron chi connectivity index (χ2n) is 15.8. The number of hydrogen-bond donors (Lipinski definition) is 1. The average Bonchev–Trinajstić information content (AvgIpc) is 3.33. The van der Waals surface area contributed by atoms with Gasteiger partial charge in [-0.3, -0.25) is 0 Å². The first-order valence-electron chi connectivity index (χ1n) is 21.3. The molecule has 0 aromatic heterocycles. The van der Waals surface area contributed by atoms with E-state index >= 15 is 8.42 Å². The summed E-state index contributed by atoms with van der Waals surface area (Å²) in [6.07, 6.45) is 12.2. The highest BCUT2D eigenvalue weighted by atomic mass is 32.2. The largest absolute Gasteiger partial charge is 0.496 e. The van der Waals surface area contributed by atoms with Crippen molar-refractivity contribution >= 4 is 61.3 Å². The summed E-state index contributed by atoms with van der Waals surface area (Å²) in [6.45, 7) is 2.15. The van der Waals surface area contributed by atoms with E-state index in [-0.39, 0.29) is 10.8 Å². The lowest BCUT2D eigenvalue weighted by molar-refractivity contribution is 0.303. The van der Waals surface area contributed by atoms with E-state index in [1.165, 1.54) is 0 Å². The summed E-state index contributed by atoms with van der Waals surface area (Å²) >= 11 is 0. The molecule has 1 N–H and O–H groups in total. The van der Waals surface area contributed by atoms with E-state index < -0.39 is 18.1 Å². The smallest absolute Gasteiger partial charge is 0.244 e. The molecule has 9 heteroatoms. The first-order chi connectivity index (χ1) is 30.8. The molecule has 0 aliphatic heterocycles. The molecule has 0 spiro atoms. The van der Waals surface area contributed by atoms with Crippen LogP contribution in [0.25, 0.3) is 49.0 Å². The van der Waals surface area contributed by atoms with E-state index in [1.807, 2.05) is 60.7 Å². The molecule has 0 bridgehead atoms. The van der Waals surface area contributed by atoms with E-state index in [1.54, 1.807) is 40.6 Å². The Balaban J connectivity index is 1.37. The Morgan fingerprint density at radius 1 is 0.667 bits per heavy atom. The van der Waals surface area contributed by atoms with Crippen molar-refractivity contribution in [3.63, 3.8) is 0 Å². The molecule has 2 aliphatic rings. The van der Waals surface area contributed by atoms with Gasteiger partial charge < -0.3 is 18.9 Å². The summed E-state index contributed by atoms with van der Waals surface area (Å²) < 4.78 is 59.0. The quantitative estimate of drug-likeness (QED) is 0.110. The Morgan fingerprint density at radius 3 is 1.89 bits per heavy atom. The van der Waals surface area contributed by atoms with Gasteiger partial charge in [-0.15, -0.1) is 0 Å². The van der Waals surface area contributed by atoms with Crippen LogP contribution in [0.15, 0.2) is 173 Å². The fourth-order valence-electron chi connectivity index (χ4n) is 9.20. The lowest BCUT2D eigenvalue weighted by Crippen LogP contribution is -2.28. The molecule has 0 saturated heterocycles. The van der Waals surface area contributed by atoms with Crippen molar-refractivity contribution in [1.29, 1.82) is 0 Å². The fourth-order valence-corrected chi connectivity index (χ4v) is 13.5. The number of hydrogen-bond acceptors (Lipinski definition) is 6. The Morgan fingerprint density at radius 2 is 1.27 bits per heavy atom. The van der Waals surface area contributed by atoms with Gasteiger partial charge >= 0.3 is 0 Å². The highest BCUT2D eigenvalue weighted by molar-refractivity contribution is 7.97. The van der Waals surface area contributed by atoms with E-state index in [0.29, 0.717) is 33.6 Å². The van der Waals surface area contributed by atoms with Crippen LogP contribution < -0.4 is 24.0 Å². The molecule has 2 aliphatic carbocycles. The van der Waals surface area contributed by atoms with Crippen molar-refractivity contribution in [3.8, 4) is 28.4 Å². The van der Waals surface area contributed by atoms with Crippen LogP contribution >= 0.6 is 8.07 Å². The molecule has 2 unspecified atom stereocenters. The first-order valence-corrected chi connectivity index (χ1v) is 24.1. The predicted molar refractivity (Wildman–Crippen MR) is 260 cm³/mol. The zero-order valence-electron chi connectivity index (χ0n) is 36.1. The van der Waals surface area contributed by atoms with Crippen molar-refractivity contribution in [3.05, 3.63) is 179 Å². The molecule has 7 nitrogen and oxygen atoms in total. The molecule has 2 atom stereocenters. The maximum absolute atomic E-state index is 15.1. The van der Waals surface area contributed by atoms with Crippen LogP contribution in [-0.4, -0.2) is 36.9 Å². The summed E-state index contributed by atoms with van der Waals surface area (Å²) in [6, 6.07) is 42.1. The number of benzene rings is 7. The molecule has 7 aromatic rings. The topological polar surface area (TPSA) is 83.1 Å². The Labute approximate surface area is 371 Å².